The predicted octanol–water partition coefficient (Wildman–Crippen LogP) is 1.48. The molecule has 0 N–H and O–H groups in total. The maximum absolute atomic E-state index is 4.32. The maximum atomic E-state index is 4.32. The highest BCUT2D eigenvalue weighted by atomic mass is 15.2. The number of nitrogens with zero attached hydrogens (tertiary/aromatic N) is 3. The Morgan fingerprint density at radius 3 is 2.53 bits per heavy atom. The topological polar surface area (TPSA) is 19.4 Å². The molecule has 0 amide bonds. The molecule has 0 unspecified atom stereocenters. The highest BCUT2D eigenvalue weighted by Crippen LogP contribution is 2.15. The minimum atomic E-state index is 0.938. The highest BCUT2D eigenvalue weighted by molar-refractivity contribution is 5.50. The van der Waals surface area contributed by atoms with Gasteiger partial charge in [0.15, 0.2) is 0 Å². The first kappa shape index (κ1) is 10.2. The van der Waals surface area contributed by atoms with Crippen molar-refractivity contribution in [3.8, 4) is 0 Å². The third kappa shape index (κ3) is 2.36. The summed E-state index contributed by atoms with van der Waals surface area (Å²) in [4.78, 5) is 9.04. The molecule has 1 fully saturated rings. The van der Waals surface area contributed by atoms with Crippen LogP contribution in [0.4, 0.5) is 5.69 Å². The van der Waals surface area contributed by atoms with Crippen molar-refractivity contribution >= 4 is 11.8 Å². The van der Waals surface area contributed by atoms with Crippen molar-refractivity contribution in [2.24, 2.45) is 0 Å². The van der Waals surface area contributed by atoms with E-state index < -0.39 is 0 Å². The molecule has 0 spiro atoms. The summed E-state index contributed by atoms with van der Waals surface area (Å²) in [5.74, 6) is 0. The monoisotopic (exact) mass is 203 g/mol. The first-order chi connectivity index (χ1) is 7.29. The Morgan fingerprint density at radius 1 is 1.27 bits per heavy atom. The summed E-state index contributed by atoms with van der Waals surface area (Å²) in [6, 6.07) is 4.13. The normalized spacial score (nSPS) is 17.8. The van der Waals surface area contributed by atoms with Crippen LogP contribution in [0.1, 0.15) is 5.69 Å². The quantitative estimate of drug-likeness (QED) is 0.725. The Labute approximate surface area is 91.0 Å². The van der Waals surface area contributed by atoms with E-state index in [2.05, 4.69) is 34.5 Å². The number of likely N-dealkylation sites (N-methyl/N-ethyl adjacent to an activating group) is 1. The number of rotatable bonds is 2. The standard InChI is InChI=1S/C12H17N3/c1-3-11-4-5-12(10-13-11)15-8-6-14(2)7-9-15/h3-5,10H,1,6-9H2,2H3. The van der Waals surface area contributed by atoms with Gasteiger partial charge in [0.25, 0.3) is 0 Å². The van der Waals surface area contributed by atoms with Crippen LogP contribution < -0.4 is 4.90 Å². The van der Waals surface area contributed by atoms with Gasteiger partial charge in [-0.3, -0.25) is 4.98 Å². The van der Waals surface area contributed by atoms with E-state index in [9.17, 15) is 0 Å². The van der Waals surface area contributed by atoms with Gasteiger partial charge in [-0.1, -0.05) is 6.58 Å². The van der Waals surface area contributed by atoms with Gasteiger partial charge in [0.2, 0.25) is 0 Å². The molecule has 15 heavy (non-hydrogen) atoms. The van der Waals surface area contributed by atoms with Gasteiger partial charge in [-0.2, -0.15) is 0 Å². The fraction of sp³-hybridized carbons (Fsp3) is 0.417. The average Bonchev–Trinajstić information content (AvgIpc) is 2.30. The second-order valence-corrected chi connectivity index (χ2v) is 3.94. The molecule has 0 atom stereocenters. The lowest BCUT2D eigenvalue weighted by Gasteiger charge is -2.33. The molecule has 3 heteroatoms. The molecule has 2 rings (SSSR count). The van der Waals surface area contributed by atoms with Crippen LogP contribution in [0, 0.1) is 0 Å². The Kier molecular flexibility index (Phi) is 3.02. The first-order valence-corrected chi connectivity index (χ1v) is 5.31. The van der Waals surface area contributed by atoms with E-state index in [0.29, 0.717) is 0 Å². The van der Waals surface area contributed by atoms with E-state index in [-0.39, 0.29) is 0 Å². The van der Waals surface area contributed by atoms with Gasteiger partial charge in [0, 0.05) is 26.2 Å². The molecule has 0 radical (unpaired) electrons. The van der Waals surface area contributed by atoms with Crippen molar-refractivity contribution in [1.82, 2.24) is 9.88 Å². The van der Waals surface area contributed by atoms with E-state index in [1.54, 1.807) is 6.08 Å². The molecule has 1 aliphatic heterocycles. The molecule has 1 aliphatic rings. The fourth-order valence-electron chi connectivity index (χ4n) is 1.77. The van der Waals surface area contributed by atoms with Gasteiger partial charge in [0.1, 0.15) is 0 Å². The van der Waals surface area contributed by atoms with Crippen LogP contribution in [0.2, 0.25) is 0 Å². The predicted molar refractivity (Wildman–Crippen MR) is 64.0 cm³/mol. The average molecular weight is 203 g/mol. The van der Waals surface area contributed by atoms with Crippen LogP contribution >= 0.6 is 0 Å². The number of pyridine rings is 1. The Bertz CT molecular complexity index is 323. The summed E-state index contributed by atoms with van der Waals surface area (Å²) in [7, 11) is 2.16. The molecular formula is C12H17N3. The van der Waals surface area contributed by atoms with Crippen molar-refractivity contribution in [1.29, 1.82) is 0 Å². The molecule has 80 valence electrons. The van der Waals surface area contributed by atoms with Crippen molar-refractivity contribution in [2.75, 3.05) is 38.1 Å². The molecule has 0 saturated carbocycles. The number of piperazine rings is 1. The van der Waals surface area contributed by atoms with Gasteiger partial charge in [-0.05, 0) is 25.3 Å². The van der Waals surface area contributed by atoms with E-state index in [0.717, 1.165) is 31.9 Å². The molecule has 0 aliphatic carbocycles. The van der Waals surface area contributed by atoms with Crippen LogP contribution in [-0.2, 0) is 0 Å². The Hall–Kier alpha value is -1.35. The van der Waals surface area contributed by atoms with Crippen LogP contribution in [0.5, 0.6) is 0 Å². The van der Waals surface area contributed by atoms with Crippen LogP contribution in [-0.4, -0.2) is 43.1 Å². The van der Waals surface area contributed by atoms with Crippen molar-refractivity contribution < 1.29 is 0 Å². The molecule has 3 nitrogen and oxygen atoms in total. The van der Waals surface area contributed by atoms with E-state index >= 15 is 0 Å². The largest absolute Gasteiger partial charge is 0.368 e. The summed E-state index contributed by atoms with van der Waals surface area (Å²) in [5, 5.41) is 0. The second kappa shape index (κ2) is 4.45. The van der Waals surface area contributed by atoms with Crippen molar-refractivity contribution in [3.05, 3.63) is 30.6 Å². The summed E-state index contributed by atoms with van der Waals surface area (Å²) in [6.45, 7) is 8.13. The smallest absolute Gasteiger partial charge is 0.0625 e. The lowest BCUT2D eigenvalue weighted by molar-refractivity contribution is 0.313. The third-order valence-corrected chi connectivity index (χ3v) is 2.85. The summed E-state index contributed by atoms with van der Waals surface area (Å²) in [6.07, 6.45) is 3.70. The third-order valence-electron chi connectivity index (χ3n) is 2.85. The van der Waals surface area contributed by atoms with E-state index in [1.165, 1.54) is 5.69 Å². The maximum Gasteiger partial charge on any atom is 0.0625 e. The SMILES string of the molecule is C=Cc1ccc(N2CCN(C)CC2)cn1. The number of hydrogen-bond acceptors (Lipinski definition) is 3. The van der Waals surface area contributed by atoms with Crippen LogP contribution in [0.25, 0.3) is 6.08 Å². The lowest BCUT2D eigenvalue weighted by Crippen LogP contribution is -2.44. The fourth-order valence-corrected chi connectivity index (χ4v) is 1.77. The molecule has 1 aromatic rings. The molecule has 2 heterocycles. The van der Waals surface area contributed by atoms with Gasteiger partial charge in [-0.25, -0.2) is 0 Å². The minimum Gasteiger partial charge on any atom is -0.368 e. The van der Waals surface area contributed by atoms with Crippen molar-refractivity contribution in [3.63, 3.8) is 0 Å². The number of anilines is 1. The van der Waals surface area contributed by atoms with Gasteiger partial charge < -0.3 is 9.80 Å². The zero-order valence-electron chi connectivity index (χ0n) is 9.19. The molecule has 0 aromatic carbocycles. The summed E-state index contributed by atoms with van der Waals surface area (Å²) in [5.41, 5.74) is 2.15. The van der Waals surface area contributed by atoms with E-state index in [1.807, 2.05) is 12.3 Å². The Morgan fingerprint density at radius 2 is 2.00 bits per heavy atom. The number of hydrogen-bond donors (Lipinski definition) is 0. The van der Waals surface area contributed by atoms with Gasteiger partial charge >= 0.3 is 0 Å². The first-order valence-electron chi connectivity index (χ1n) is 5.31. The molecule has 0 bridgehead atoms. The Balaban J connectivity index is 2.06. The molecule has 1 saturated heterocycles. The lowest BCUT2D eigenvalue weighted by atomic mass is 10.2. The zero-order chi connectivity index (χ0) is 10.7. The van der Waals surface area contributed by atoms with Gasteiger partial charge in [0.05, 0.1) is 17.6 Å². The summed E-state index contributed by atoms with van der Waals surface area (Å²) >= 11 is 0. The summed E-state index contributed by atoms with van der Waals surface area (Å²) < 4.78 is 0. The van der Waals surface area contributed by atoms with Crippen molar-refractivity contribution in [2.45, 2.75) is 0 Å². The van der Waals surface area contributed by atoms with Gasteiger partial charge in [-0.15, -0.1) is 0 Å². The van der Waals surface area contributed by atoms with Crippen LogP contribution in [0.3, 0.4) is 0 Å². The second-order valence-electron chi connectivity index (χ2n) is 3.94. The molecular weight excluding hydrogens is 186 g/mol. The highest BCUT2D eigenvalue weighted by Gasteiger charge is 2.13. The minimum absolute atomic E-state index is 0.938. The molecule has 1 aromatic heterocycles. The van der Waals surface area contributed by atoms with Crippen LogP contribution in [0.15, 0.2) is 24.9 Å². The zero-order valence-corrected chi connectivity index (χ0v) is 9.19. The van der Waals surface area contributed by atoms with E-state index in [4.69, 9.17) is 0 Å². The number of aromatic nitrogens is 1.